The van der Waals surface area contributed by atoms with Crippen LogP contribution >= 0.6 is 0 Å². The predicted molar refractivity (Wildman–Crippen MR) is 87.9 cm³/mol. The second-order valence-electron chi connectivity index (χ2n) is 6.03. The van der Waals surface area contributed by atoms with E-state index < -0.39 is 0 Å². The number of piperidine rings is 1. The van der Waals surface area contributed by atoms with Gasteiger partial charge in [-0.05, 0) is 32.5 Å². The molecular weight excluding hydrogens is 278 g/mol. The van der Waals surface area contributed by atoms with Crippen LogP contribution in [0.1, 0.15) is 24.5 Å². The van der Waals surface area contributed by atoms with Crippen LogP contribution in [0.25, 0.3) is 0 Å². The van der Waals surface area contributed by atoms with Crippen LogP contribution in [0.3, 0.4) is 0 Å². The van der Waals surface area contributed by atoms with Crippen molar-refractivity contribution in [2.75, 3.05) is 40.8 Å². The molecule has 0 spiro atoms. The molecule has 1 N–H and O–H groups in total. The van der Waals surface area contributed by atoms with E-state index in [1.165, 1.54) is 0 Å². The first kappa shape index (κ1) is 16.8. The van der Waals surface area contributed by atoms with Crippen molar-refractivity contribution in [2.45, 2.75) is 25.0 Å². The van der Waals surface area contributed by atoms with Crippen molar-refractivity contribution in [3.8, 4) is 0 Å². The van der Waals surface area contributed by atoms with E-state index in [4.69, 9.17) is 4.74 Å². The Labute approximate surface area is 133 Å². The van der Waals surface area contributed by atoms with Gasteiger partial charge < -0.3 is 19.9 Å². The average Bonchev–Trinajstić information content (AvgIpc) is 2.56. The third-order valence-corrected chi connectivity index (χ3v) is 4.31. The lowest BCUT2D eigenvalue weighted by atomic mass is 10.1. The van der Waals surface area contributed by atoms with Gasteiger partial charge in [-0.2, -0.15) is 0 Å². The molecule has 1 aliphatic rings. The van der Waals surface area contributed by atoms with Gasteiger partial charge in [0.25, 0.3) is 0 Å². The largest absolute Gasteiger partial charge is 0.375 e. The lowest BCUT2D eigenvalue weighted by molar-refractivity contribution is 0.0976. The fraction of sp³-hybridized carbons (Fsp3) is 0.588. The maximum atomic E-state index is 12.4. The third kappa shape index (κ3) is 4.45. The molecule has 122 valence electrons. The van der Waals surface area contributed by atoms with Crippen LogP contribution in [-0.2, 0) is 4.74 Å². The average molecular weight is 305 g/mol. The van der Waals surface area contributed by atoms with Gasteiger partial charge in [0.1, 0.15) is 0 Å². The van der Waals surface area contributed by atoms with Gasteiger partial charge >= 0.3 is 6.03 Å². The molecule has 0 saturated carbocycles. The van der Waals surface area contributed by atoms with Crippen LogP contribution < -0.4 is 5.32 Å². The highest BCUT2D eigenvalue weighted by Gasteiger charge is 2.25. The normalized spacial score (nSPS) is 20.0. The summed E-state index contributed by atoms with van der Waals surface area (Å²) in [5.74, 6) is 0. The minimum Gasteiger partial charge on any atom is -0.375 e. The van der Waals surface area contributed by atoms with Crippen molar-refractivity contribution in [2.24, 2.45) is 0 Å². The Balaban J connectivity index is 1.86. The molecule has 0 unspecified atom stereocenters. The predicted octanol–water partition coefficient (Wildman–Crippen LogP) is 2.11. The topological polar surface area (TPSA) is 44.8 Å². The van der Waals surface area contributed by atoms with E-state index in [1.807, 2.05) is 35.2 Å². The van der Waals surface area contributed by atoms with Crippen LogP contribution in [0.2, 0.25) is 0 Å². The second-order valence-corrected chi connectivity index (χ2v) is 6.03. The first-order chi connectivity index (χ1) is 10.6. The zero-order chi connectivity index (χ0) is 15.9. The Morgan fingerprint density at radius 3 is 2.77 bits per heavy atom. The summed E-state index contributed by atoms with van der Waals surface area (Å²) in [5, 5.41) is 3.00. The summed E-state index contributed by atoms with van der Waals surface area (Å²) in [6, 6.07) is 10.4. The first-order valence-corrected chi connectivity index (χ1v) is 7.88. The highest BCUT2D eigenvalue weighted by atomic mass is 16.5. The number of amides is 2. The van der Waals surface area contributed by atoms with E-state index in [-0.39, 0.29) is 12.1 Å². The van der Waals surface area contributed by atoms with E-state index in [9.17, 15) is 4.79 Å². The van der Waals surface area contributed by atoms with Gasteiger partial charge in [-0.3, -0.25) is 0 Å². The van der Waals surface area contributed by atoms with Gasteiger partial charge in [0, 0.05) is 32.8 Å². The van der Waals surface area contributed by atoms with E-state index in [1.54, 1.807) is 7.11 Å². The van der Waals surface area contributed by atoms with E-state index in [0.29, 0.717) is 12.6 Å². The molecule has 0 radical (unpaired) electrons. The summed E-state index contributed by atoms with van der Waals surface area (Å²) in [4.78, 5) is 16.5. The number of carbonyl (C=O) groups excluding carboxylic acids is 1. The summed E-state index contributed by atoms with van der Waals surface area (Å²) >= 11 is 0. The fourth-order valence-corrected chi connectivity index (χ4v) is 2.86. The lowest BCUT2D eigenvalue weighted by Gasteiger charge is -2.36. The Bertz CT molecular complexity index is 464. The number of ether oxygens (including phenoxy) is 1. The molecule has 0 bridgehead atoms. The molecule has 1 aromatic carbocycles. The van der Waals surface area contributed by atoms with Crippen LogP contribution in [-0.4, -0.2) is 62.7 Å². The number of hydrogen-bond acceptors (Lipinski definition) is 3. The molecule has 2 amide bonds. The Hall–Kier alpha value is -1.59. The number of nitrogens with zero attached hydrogens (tertiary/aromatic N) is 2. The highest BCUT2D eigenvalue weighted by molar-refractivity contribution is 5.74. The standard InChI is InChI=1S/C17H27N3O2/c1-19(2)15-10-7-11-20(13-15)17(21)18-12-16(22-3)14-8-5-4-6-9-14/h4-6,8-9,15-16H,7,10-13H2,1-3H3,(H,18,21)/t15-,16-/m0/s1. The molecule has 2 atom stereocenters. The molecule has 5 heteroatoms. The summed E-state index contributed by atoms with van der Waals surface area (Å²) in [6.07, 6.45) is 2.10. The van der Waals surface area contributed by atoms with E-state index >= 15 is 0 Å². The smallest absolute Gasteiger partial charge is 0.317 e. The summed E-state index contributed by atoms with van der Waals surface area (Å²) < 4.78 is 5.49. The number of urea groups is 1. The van der Waals surface area contributed by atoms with Gasteiger partial charge in [0.2, 0.25) is 0 Å². The number of methoxy groups -OCH3 is 1. The van der Waals surface area contributed by atoms with E-state index in [0.717, 1.165) is 31.5 Å². The first-order valence-electron chi connectivity index (χ1n) is 7.88. The van der Waals surface area contributed by atoms with Crippen molar-refractivity contribution in [3.63, 3.8) is 0 Å². The van der Waals surface area contributed by atoms with Crippen molar-refractivity contribution in [3.05, 3.63) is 35.9 Å². The van der Waals surface area contributed by atoms with Gasteiger partial charge in [-0.1, -0.05) is 30.3 Å². The number of likely N-dealkylation sites (N-methyl/N-ethyl adjacent to an activating group) is 1. The minimum atomic E-state index is -0.111. The molecule has 1 aliphatic heterocycles. The van der Waals surface area contributed by atoms with Gasteiger partial charge in [0.15, 0.2) is 0 Å². The van der Waals surface area contributed by atoms with Crippen LogP contribution in [0.5, 0.6) is 0 Å². The molecule has 1 saturated heterocycles. The third-order valence-electron chi connectivity index (χ3n) is 4.31. The lowest BCUT2D eigenvalue weighted by Crippen LogP contribution is -2.51. The molecule has 2 rings (SSSR count). The molecule has 1 heterocycles. The summed E-state index contributed by atoms with van der Waals surface area (Å²) in [7, 11) is 5.82. The monoisotopic (exact) mass is 305 g/mol. The quantitative estimate of drug-likeness (QED) is 0.906. The Kier molecular flexibility index (Phi) is 6.21. The van der Waals surface area contributed by atoms with Crippen molar-refractivity contribution < 1.29 is 9.53 Å². The van der Waals surface area contributed by atoms with Gasteiger partial charge in [-0.25, -0.2) is 4.79 Å². The fourth-order valence-electron chi connectivity index (χ4n) is 2.86. The van der Waals surface area contributed by atoms with Gasteiger partial charge in [-0.15, -0.1) is 0 Å². The zero-order valence-corrected chi connectivity index (χ0v) is 13.8. The van der Waals surface area contributed by atoms with Crippen molar-refractivity contribution >= 4 is 6.03 Å². The van der Waals surface area contributed by atoms with Crippen LogP contribution in [0.4, 0.5) is 4.79 Å². The summed E-state index contributed by atoms with van der Waals surface area (Å²) in [6.45, 7) is 2.11. The highest BCUT2D eigenvalue weighted by Crippen LogP contribution is 2.16. The maximum absolute atomic E-state index is 12.4. The van der Waals surface area contributed by atoms with Crippen molar-refractivity contribution in [1.29, 1.82) is 0 Å². The number of rotatable bonds is 5. The van der Waals surface area contributed by atoms with Crippen LogP contribution in [0, 0.1) is 0 Å². The maximum Gasteiger partial charge on any atom is 0.317 e. The van der Waals surface area contributed by atoms with Crippen molar-refractivity contribution in [1.82, 2.24) is 15.1 Å². The zero-order valence-electron chi connectivity index (χ0n) is 13.8. The summed E-state index contributed by atoms with van der Waals surface area (Å²) in [5.41, 5.74) is 1.08. The Morgan fingerprint density at radius 2 is 2.14 bits per heavy atom. The molecule has 0 aromatic heterocycles. The minimum absolute atomic E-state index is 0.00420. The Morgan fingerprint density at radius 1 is 1.41 bits per heavy atom. The SMILES string of the molecule is CO[C@@H](CNC(=O)N1CCC[C@H](N(C)C)C1)c1ccccc1. The number of hydrogen-bond donors (Lipinski definition) is 1. The van der Waals surface area contributed by atoms with E-state index in [2.05, 4.69) is 24.3 Å². The molecule has 1 fully saturated rings. The molecule has 0 aliphatic carbocycles. The molecule has 22 heavy (non-hydrogen) atoms. The van der Waals surface area contributed by atoms with Crippen LogP contribution in [0.15, 0.2) is 30.3 Å². The number of benzene rings is 1. The number of nitrogens with one attached hydrogen (secondary N) is 1. The number of likely N-dealkylation sites (tertiary alicyclic amines) is 1. The van der Waals surface area contributed by atoms with Gasteiger partial charge in [0.05, 0.1) is 6.10 Å². The number of carbonyl (C=O) groups is 1. The molecule has 1 aromatic rings. The molecule has 5 nitrogen and oxygen atoms in total. The molecular formula is C17H27N3O2. The second kappa shape index (κ2) is 8.15.